The van der Waals surface area contributed by atoms with E-state index < -0.39 is 21.6 Å². The predicted molar refractivity (Wildman–Crippen MR) is 79.7 cm³/mol. The fourth-order valence-electron chi connectivity index (χ4n) is 3.72. The van der Waals surface area contributed by atoms with E-state index in [2.05, 4.69) is 0 Å². The molecule has 7 heteroatoms. The molecule has 0 spiro atoms. The van der Waals surface area contributed by atoms with Crippen molar-refractivity contribution in [1.82, 2.24) is 0 Å². The lowest BCUT2D eigenvalue weighted by Crippen LogP contribution is -2.45. The molecule has 23 heavy (non-hydrogen) atoms. The first kappa shape index (κ1) is 14.6. The van der Waals surface area contributed by atoms with Crippen LogP contribution in [0.1, 0.15) is 22.6 Å². The van der Waals surface area contributed by atoms with Crippen molar-refractivity contribution in [3.63, 3.8) is 0 Å². The van der Waals surface area contributed by atoms with E-state index in [4.69, 9.17) is 0 Å². The molecule has 2 aliphatic rings. The molecule has 0 fully saturated rings. The summed E-state index contributed by atoms with van der Waals surface area (Å²) in [6.07, 6.45) is 0.283. The highest BCUT2D eigenvalue weighted by molar-refractivity contribution is 7.93. The Bertz CT molecular complexity index is 892. The molecule has 0 saturated heterocycles. The number of halogens is 3. The summed E-state index contributed by atoms with van der Waals surface area (Å²) in [5, 5.41) is 0. The zero-order chi connectivity index (χ0) is 16.4. The van der Waals surface area contributed by atoms with Crippen molar-refractivity contribution in [3.8, 4) is 0 Å². The number of benzene rings is 2. The van der Waals surface area contributed by atoms with Gasteiger partial charge >= 0.3 is 15.5 Å². The largest absolute Gasteiger partial charge is 0.516 e. The first-order chi connectivity index (χ1) is 10.8. The fraction of sp³-hybridized carbons (Fsp3) is 0.250. The van der Waals surface area contributed by atoms with Gasteiger partial charge in [-0.2, -0.15) is 21.6 Å². The summed E-state index contributed by atoms with van der Waals surface area (Å²) < 4.78 is 64.2. The molecule has 3 nitrogen and oxygen atoms in total. The highest BCUT2D eigenvalue weighted by Crippen LogP contribution is 2.53. The van der Waals surface area contributed by atoms with E-state index in [1.165, 1.54) is 6.07 Å². The highest BCUT2D eigenvalue weighted by Gasteiger charge is 2.57. The first-order valence-corrected chi connectivity index (χ1v) is 8.54. The lowest BCUT2D eigenvalue weighted by molar-refractivity contribution is -0.0440. The van der Waals surface area contributed by atoms with E-state index in [-0.39, 0.29) is 18.0 Å². The van der Waals surface area contributed by atoms with Gasteiger partial charge in [0, 0.05) is 5.92 Å². The Balaban J connectivity index is 1.95. The van der Waals surface area contributed by atoms with Gasteiger partial charge in [0.05, 0.1) is 11.7 Å². The van der Waals surface area contributed by atoms with Crippen LogP contribution in [0.15, 0.2) is 48.5 Å². The lowest BCUT2D eigenvalue weighted by atomic mass is 9.93. The van der Waals surface area contributed by atoms with E-state index in [1.807, 2.05) is 24.3 Å². The number of fused-ring (bicyclic) bond motifs is 5. The summed E-state index contributed by atoms with van der Waals surface area (Å²) in [6, 6.07) is 13.0. The van der Waals surface area contributed by atoms with Crippen molar-refractivity contribution in [3.05, 3.63) is 65.2 Å². The summed E-state index contributed by atoms with van der Waals surface area (Å²) in [4.78, 5) is 0. The van der Waals surface area contributed by atoms with Crippen LogP contribution in [-0.4, -0.2) is 20.0 Å². The third-order valence-electron chi connectivity index (χ3n) is 4.57. The van der Waals surface area contributed by atoms with Crippen molar-refractivity contribution in [1.29, 1.82) is 0 Å². The quantitative estimate of drug-likeness (QED) is 0.798. The SMILES string of the molecule is O=S(=O)(N1c2ccccc2[C@@H]2c3ccccc3C[C@@H]21)C(F)(F)F. The van der Waals surface area contributed by atoms with Crippen LogP contribution in [0.3, 0.4) is 0 Å². The molecular formula is C16H12F3NO2S. The van der Waals surface area contributed by atoms with Gasteiger partial charge in [-0.3, -0.25) is 4.31 Å². The maximum absolute atomic E-state index is 13.1. The Morgan fingerprint density at radius 1 is 0.957 bits per heavy atom. The van der Waals surface area contributed by atoms with Gasteiger partial charge < -0.3 is 0 Å². The van der Waals surface area contributed by atoms with E-state index in [0.717, 1.165) is 11.1 Å². The van der Waals surface area contributed by atoms with Gasteiger partial charge in [-0.1, -0.05) is 42.5 Å². The van der Waals surface area contributed by atoms with Crippen molar-refractivity contribution in [2.24, 2.45) is 0 Å². The molecular weight excluding hydrogens is 327 g/mol. The molecule has 1 aliphatic carbocycles. The molecule has 2 atom stereocenters. The Morgan fingerprint density at radius 3 is 2.26 bits per heavy atom. The molecule has 0 radical (unpaired) electrons. The molecule has 2 aromatic carbocycles. The van der Waals surface area contributed by atoms with E-state index >= 15 is 0 Å². The van der Waals surface area contributed by atoms with Crippen molar-refractivity contribution < 1.29 is 21.6 Å². The Morgan fingerprint density at radius 2 is 1.57 bits per heavy atom. The van der Waals surface area contributed by atoms with Gasteiger partial charge in [0.2, 0.25) is 0 Å². The van der Waals surface area contributed by atoms with Gasteiger partial charge in [0.25, 0.3) is 0 Å². The van der Waals surface area contributed by atoms with E-state index in [0.29, 0.717) is 9.87 Å². The minimum atomic E-state index is -5.43. The third-order valence-corrected chi connectivity index (χ3v) is 6.14. The number of sulfonamides is 1. The maximum atomic E-state index is 13.1. The van der Waals surface area contributed by atoms with Gasteiger partial charge in [0.1, 0.15) is 0 Å². The van der Waals surface area contributed by atoms with Crippen molar-refractivity contribution >= 4 is 15.7 Å². The second-order valence-electron chi connectivity index (χ2n) is 5.75. The van der Waals surface area contributed by atoms with Crippen LogP contribution in [0.25, 0.3) is 0 Å². The molecule has 4 rings (SSSR count). The van der Waals surface area contributed by atoms with Crippen molar-refractivity contribution in [2.45, 2.75) is 23.9 Å². The number of nitrogens with zero attached hydrogens (tertiary/aromatic N) is 1. The monoisotopic (exact) mass is 339 g/mol. The summed E-state index contributed by atoms with van der Waals surface area (Å²) in [5.41, 5.74) is -2.74. The average molecular weight is 339 g/mol. The van der Waals surface area contributed by atoms with Crippen LogP contribution in [-0.2, 0) is 16.4 Å². The summed E-state index contributed by atoms with van der Waals surface area (Å²) in [5.74, 6) is -0.348. The normalized spacial score (nSPS) is 22.7. The minimum absolute atomic E-state index is 0.134. The second-order valence-corrected chi connectivity index (χ2v) is 7.56. The molecule has 120 valence electrons. The topological polar surface area (TPSA) is 37.4 Å². The second kappa shape index (κ2) is 4.50. The standard InChI is InChI=1S/C16H12F3NO2S/c17-16(18,19)23(21,22)20-13-8-4-3-7-12(13)15-11-6-2-1-5-10(11)9-14(15)20/h1-8,14-15H,9H2/t14-,15-/m0/s1. The molecule has 1 aliphatic heterocycles. The molecule has 0 N–H and O–H groups in total. The molecule has 2 aromatic rings. The first-order valence-electron chi connectivity index (χ1n) is 7.10. The minimum Gasteiger partial charge on any atom is -0.258 e. The zero-order valence-electron chi connectivity index (χ0n) is 11.8. The van der Waals surface area contributed by atoms with Crippen LogP contribution >= 0.6 is 0 Å². The number of hydrogen-bond donors (Lipinski definition) is 0. The molecule has 0 amide bonds. The fourth-order valence-corrected chi connectivity index (χ4v) is 4.92. The maximum Gasteiger partial charge on any atom is 0.516 e. The smallest absolute Gasteiger partial charge is 0.258 e. The lowest BCUT2D eigenvalue weighted by Gasteiger charge is -2.27. The van der Waals surface area contributed by atoms with Gasteiger partial charge in [0.15, 0.2) is 0 Å². The van der Waals surface area contributed by atoms with Crippen LogP contribution in [0.5, 0.6) is 0 Å². The van der Waals surface area contributed by atoms with Gasteiger partial charge in [-0.25, -0.2) is 0 Å². The molecule has 1 heterocycles. The van der Waals surface area contributed by atoms with Crippen LogP contribution in [0.2, 0.25) is 0 Å². The van der Waals surface area contributed by atoms with Crippen LogP contribution in [0.4, 0.5) is 18.9 Å². The van der Waals surface area contributed by atoms with Crippen molar-refractivity contribution in [2.75, 3.05) is 4.31 Å². The molecule has 0 saturated carbocycles. The summed E-state index contributed by atoms with van der Waals surface area (Å²) in [7, 11) is -5.43. The summed E-state index contributed by atoms with van der Waals surface area (Å²) >= 11 is 0. The van der Waals surface area contributed by atoms with E-state index in [1.54, 1.807) is 18.2 Å². The number of anilines is 1. The highest BCUT2D eigenvalue weighted by atomic mass is 32.2. The van der Waals surface area contributed by atoms with Crippen LogP contribution < -0.4 is 4.31 Å². The van der Waals surface area contributed by atoms with E-state index in [9.17, 15) is 21.6 Å². The number of alkyl halides is 3. The number of rotatable bonds is 1. The number of para-hydroxylation sites is 1. The van der Waals surface area contributed by atoms with Gasteiger partial charge in [-0.15, -0.1) is 0 Å². The Labute approximate surface area is 131 Å². The Hall–Kier alpha value is -2.02. The Kier molecular flexibility index (Phi) is 2.85. The summed E-state index contributed by atoms with van der Waals surface area (Å²) in [6.45, 7) is 0. The zero-order valence-corrected chi connectivity index (χ0v) is 12.6. The third kappa shape index (κ3) is 1.86. The predicted octanol–water partition coefficient (Wildman–Crippen LogP) is 3.41. The van der Waals surface area contributed by atoms with Crippen LogP contribution in [0, 0.1) is 0 Å². The average Bonchev–Trinajstić information content (AvgIpc) is 2.99. The molecule has 0 aromatic heterocycles. The van der Waals surface area contributed by atoms with Gasteiger partial charge in [-0.05, 0) is 29.2 Å². The molecule has 0 unspecified atom stereocenters. The molecule has 0 bridgehead atoms. The number of hydrogen-bond acceptors (Lipinski definition) is 2.